The lowest BCUT2D eigenvalue weighted by Gasteiger charge is -2.43. The molecule has 1 unspecified atom stereocenters. The molecule has 30 heavy (non-hydrogen) atoms. The molecule has 170 valence electrons. The molecular formula is C23H36O7. The molecule has 0 aromatic carbocycles. The van der Waals surface area contributed by atoms with Crippen LogP contribution in [0.2, 0.25) is 0 Å². The Hall–Kier alpha value is -1.53. The number of hydrogen-bond donors (Lipinski definition) is 0. The highest BCUT2D eigenvalue weighted by atomic mass is 16.8. The van der Waals surface area contributed by atoms with Gasteiger partial charge in [-0.3, -0.25) is 4.79 Å². The van der Waals surface area contributed by atoms with E-state index in [0.29, 0.717) is 6.42 Å². The Morgan fingerprint density at radius 2 is 1.77 bits per heavy atom. The zero-order chi connectivity index (χ0) is 22.1. The van der Waals surface area contributed by atoms with Gasteiger partial charge in [0.25, 0.3) is 0 Å². The first-order valence-electron chi connectivity index (χ1n) is 11.2. The molecule has 0 aromatic heterocycles. The summed E-state index contributed by atoms with van der Waals surface area (Å²) in [5.74, 6) is -0.496. The summed E-state index contributed by atoms with van der Waals surface area (Å²) in [7, 11) is 0. The minimum Gasteiger partial charge on any atom is -0.460 e. The number of carbonyl (C=O) groups excluding carboxylic acids is 3. The normalized spacial score (nSPS) is 33.3. The molecule has 1 aliphatic carbocycles. The summed E-state index contributed by atoms with van der Waals surface area (Å²) in [5, 5.41) is 0. The van der Waals surface area contributed by atoms with Crippen molar-refractivity contribution in [1.82, 2.24) is 0 Å². The minimum atomic E-state index is -0.466. The molecule has 1 saturated carbocycles. The Balaban J connectivity index is 0.00000101. The van der Waals surface area contributed by atoms with E-state index >= 15 is 0 Å². The molecule has 0 amide bonds. The predicted octanol–water partition coefficient (Wildman–Crippen LogP) is 3.95. The van der Waals surface area contributed by atoms with Crippen molar-refractivity contribution < 1.29 is 33.3 Å². The maximum absolute atomic E-state index is 11.6. The maximum Gasteiger partial charge on any atom is 0.373 e. The molecule has 7 heteroatoms. The Kier molecular flexibility index (Phi) is 9.69. The van der Waals surface area contributed by atoms with Gasteiger partial charge in [-0.2, -0.15) is 9.59 Å². The van der Waals surface area contributed by atoms with Gasteiger partial charge in [0.05, 0.1) is 12.2 Å². The lowest BCUT2D eigenvalue weighted by molar-refractivity contribution is -0.213. The van der Waals surface area contributed by atoms with Crippen LogP contribution in [0.25, 0.3) is 0 Å². The van der Waals surface area contributed by atoms with Crippen molar-refractivity contribution in [3.05, 3.63) is 12.2 Å². The fourth-order valence-corrected chi connectivity index (χ4v) is 4.82. The SMILES string of the molecule is CC/C=C/C[C@@H]1O[C@@H]([C@@H](CC)OC(C)=O)C2OC3(CCCCC3)O[C@H]2[C@H]1C.O=C=O. The molecule has 0 N–H and O–H groups in total. The molecule has 7 nitrogen and oxygen atoms in total. The first-order valence-corrected chi connectivity index (χ1v) is 11.2. The number of ether oxygens (including phenoxy) is 4. The van der Waals surface area contributed by atoms with Crippen molar-refractivity contribution in [1.29, 1.82) is 0 Å². The molecule has 0 bridgehead atoms. The van der Waals surface area contributed by atoms with Crippen molar-refractivity contribution in [3.8, 4) is 0 Å². The van der Waals surface area contributed by atoms with E-state index in [-0.39, 0.29) is 48.6 Å². The van der Waals surface area contributed by atoms with Gasteiger partial charge in [0.1, 0.15) is 18.3 Å². The molecule has 3 aliphatic rings. The second-order valence-corrected chi connectivity index (χ2v) is 8.39. The first-order chi connectivity index (χ1) is 14.4. The summed E-state index contributed by atoms with van der Waals surface area (Å²) in [4.78, 5) is 27.9. The van der Waals surface area contributed by atoms with Crippen LogP contribution in [0.15, 0.2) is 12.2 Å². The Morgan fingerprint density at radius 1 is 1.13 bits per heavy atom. The third-order valence-electron chi connectivity index (χ3n) is 6.26. The van der Waals surface area contributed by atoms with E-state index in [2.05, 4.69) is 26.0 Å². The standard InChI is InChI=1S/C22H36O5.CO2/c1-5-7-9-12-18-15(3)19-21(20(25-18)17(6-2)24-16(4)23)27-22(26-19)13-10-8-11-14-22;2-1-3/h7,9,15,17-21H,5-6,8,10-14H2,1-4H3;/b9-7+;/t15-,17+,18-,19-,20-,21?;/m0./s1. The van der Waals surface area contributed by atoms with Gasteiger partial charge in [-0.1, -0.05) is 39.3 Å². The molecule has 3 fully saturated rings. The van der Waals surface area contributed by atoms with Gasteiger partial charge < -0.3 is 18.9 Å². The zero-order valence-electron chi connectivity index (χ0n) is 18.6. The summed E-state index contributed by atoms with van der Waals surface area (Å²) in [6, 6.07) is 0. The summed E-state index contributed by atoms with van der Waals surface area (Å²) < 4.78 is 25.3. The van der Waals surface area contributed by atoms with Gasteiger partial charge >= 0.3 is 12.1 Å². The van der Waals surface area contributed by atoms with E-state index in [1.807, 2.05) is 6.92 Å². The second-order valence-electron chi connectivity index (χ2n) is 8.39. The van der Waals surface area contributed by atoms with Gasteiger partial charge in [-0.15, -0.1) is 0 Å². The fraction of sp³-hybridized carbons (Fsp3) is 0.826. The van der Waals surface area contributed by atoms with Crippen LogP contribution in [0.5, 0.6) is 0 Å². The third kappa shape index (κ3) is 6.01. The molecule has 2 heterocycles. The molecule has 2 saturated heterocycles. The monoisotopic (exact) mass is 424 g/mol. The molecule has 2 aliphatic heterocycles. The van der Waals surface area contributed by atoms with Crippen LogP contribution in [0, 0.1) is 5.92 Å². The van der Waals surface area contributed by atoms with E-state index in [4.69, 9.17) is 28.5 Å². The summed E-state index contributed by atoms with van der Waals surface area (Å²) in [5.41, 5.74) is 0. The van der Waals surface area contributed by atoms with Crippen LogP contribution in [0.1, 0.15) is 79.1 Å². The van der Waals surface area contributed by atoms with E-state index in [1.165, 1.54) is 13.3 Å². The molecule has 0 radical (unpaired) electrons. The lowest BCUT2D eigenvalue weighted by Crippen LogP contribution is -2.56. The molecule has 3 rings (SSSR count). The highest BCUT2D eigenvalue weighted by molar-refractivity contribution is 5.66. The Morgan fingerprint density at radius 3 is 2.33 bits per heavy atom. The third-order valence-corrected chi connectivity index (χ3v) is 6.26. The van der Waals surface area contributed by atoms with Crippen molar-refractivity contribution in [2.45, 2.75) is 115 Å². The van der Waals surface area contributed by atoms with Crippen molar-refractivity contribution in [3.63, 3.8) is 0 Å². The number of carbonyl (C=O) groups is 1. The van der Waals surface area contributed by atoms with Crippen LogP contribution >= 0.6 is 0 Å². The summed E-state index contributed by atoms with van der Waals surface area (Å²) in [6.45, 7) is 7.83. The average Bonchev–Trinajstić information content (AvgIpc) is 3.08. The van der Waals surface area contributed by atoms with Crippen LogP contribution in [-0.2, 0) is 33.3 Å². The molecule has 1 spiro atoms. The number of rotatable bonds is 6. The molecule has 0 aromatic rings. The van der Waals surface area contributed by atoms with Gasteiger partial charge in [0, 0.05) is 25.7 Å². The van der Waals surface area contributed by atoms with Gasteiger partial charge in [-0.05, 0) is 32.1 Å². The van der Waals surface area contributed by atoms with Crippen LogP contribution in [0.3, 0.4) is 0 Å². The highest BCUT2D eigenvalue weighted by Crippen LogP contribution is 2.47. The molecular weight excluding hydrogens is 388 g/mol. The maximum atomic E-state index is 11.6. The zero-order valence-corrected chi connectivity index (χ0v) is 18.6. The lowest BCUT2D eigenvalue weighted by atomic mass is 9.84. The van der Waals surface area contributed by atoms with Crippen LogP contribution in [0.4, 0.5) is 0 Å². The van der Waals surface area contributed by atoms with Crippen molar-refractivity contribution >= 4 is 12.1 Å². The Labute approximate surface area is 179 Å². The van der Waals surface area contributed by atoms with Crippen LogP contribution in [-0.4, -0.2) is 48.4 Å². The van der Waals surface area contributed by atoms with E-state index < -0.39 is 5.79 Å². The Bertz CT molecular complexity index is 605. The smallest absolute Gasteiger partial charge is 0.373 e. The summed E-state index contributed by atoms with van der Waals surface area (Å²) in [6.07, 6.45) is 11.9. The van der Waals surface area contributed by atoms with E-state index in [1.54, 1.807) is 0 Å². The summed E-state index contributed by atoms with van der Waals surface area (Å²) >= 11 is 0. The molecule has 6 atom stereocenters. The van der Waals surface area contributed by atoms with Crippen molar-refractivity contribution in [2.75, 3.05) is 0 Å². The van der Waals surface area contributed by atoms with Crippen LogP contribution < -0.4 is 0 Å². The number of fused-ring (bicyclic) bond motifs is 1. The highest BCUT2D eigenvalue weighted by Gasteiger charge is 2.58. The largest absolute Gasteiger partial charge is 0.460 e. The van der Waals surface area contributed by atoms with Gasteiger partial charge in [-0.25, -0.2) is 0 Å². The second kappa shape index (κ2) is 11.8. The van der Waals surface area contributed by atoms with Gasteiger partial charge in [0.2, 0.25) is 0 Å². The van der Waals surface area contributed by atoms with Gasteiger partial charge in [0.15, 0.2) is 5.79 Å². The first kappa shape index (κ1) is 24.7. The number of allylic oxidation sites excluding steroid dienone is 1. The topological polar surface area (TPSA) is 88.1 Å². The predicted molar refractivity (Wildman–Crippen MR) is 108 cm³/mol. The average molecular weight is 425 g/mol. The minimum absolute atomic E-state index is 0.00788. The number of esters is 1. The van der Waals surface area contributed by atoms with E-state index in [9.17, 15) is 4.79 Å². The quantitative estimate of drug-likeness (QED) is 0.471. The van der Waals surface area contributed by atoms with Crippen molar-refractivity contribution in [2.24, 2.45) is 5.92 Å². The number of hydrogen-bond acceptors (Lipinski definition) is 7. The fourth-order valence-electron chi connectivity index (χ4n) is 4.82. The van der Waals surface area contributed by atoms with E-state index in [0.717, 1.165) is 38.5 Å².